The van der Waals surface area contributed by atoms with Crippen LogP contribution in [0.1, 0.15) is 19.4 Å². The van der Waals surface area contributed by atoms with Gasteiger partial charge < -0.3 is 0 Å². The van der Waals surface area contributed by atoms with Gasteiger partial charge in [-0.15, -0.1) is 0 Å². The molecule has 0 radical (unpaired) electrons. The molecule has 0 N–H and O–H groups in total. The topological polar surface area (TPSA) is 17.1 Å². The van der Waals surface area contributed by atoms with Crippen molar-refractivity contribution < 1.29 is 4.79 Å². The van der Waals surface area contributed by atoms with E-state index in [1.165, 1.54) is 0 Å². The van der Waals surface area contributed by atoms with Gasteiger partial charge in [-0.1, -0.05) is 43.1 Å². The normalized spacial score (nSPS) is 10.8. The van der Waals surface area contributed by atoms with Crippen LogP contribution in [0, 0.1) is 0 Å². The molecule has 0 unspecified atom stereocenters. The maximum Gasteiger partial charge on any atom is 0.147 e. The molecule has 0 aliphatic heterocycles. The lowest BCUT2D eigenvalue weighted by Gasteiger charge is -2.05. The number of rotatable bonds is 5. The molecule has 0 atom stereocenters. The van der Waals surface area contributed by atoms with E-state index in [0.29, 0.717) is 27.5 Å². The fourth-order valence-corrected chi connectivity index (χ4v) is 2.13. The Kier molecular flexibility index (Phi) is 5.67. The van der Waals surface area contributed by atoms with Crippen LogP contribution in [0.4, 0.5) is 0 Å². The van der Waals surface area contributed by atoms with E-state index in [1.807, 2.05) is 6.07 Å². The van der Waals surface area contributed by atoms with Crippen LogP contribution in [0.3, 0.4) is 0 Å². The third-order valence-electron chi connectivity index (χ3n) is 1.96. The monoisotopic (exact) mass is 276 g/mol. The van der Waals surface area contributed by atoms with Crippen molar-refractivity contribution in [2.75, 3.05) is 5.75 Å². The maximum atomic E-state index is 11.6. The third-order valence-corrected chi connectivity index (χ3v) is 3.86. The minimum absolute atomic E-state index is 0.220. The molecule has 0 aromatic heterocycles. The van der Waals surface area contributed by atoms with E-state index in [4.69, 9.17) is 23.2 Å². The first-order valence-electron chi connectivity index (χ1n) is 5.06. The molecule has 88 valence electrons. The molecule has 1 aromatic rings. The van der Waals surface area contributed by atoms with Crippen LogP contribution < -0.4 is 0 Å². The molecule has 0 amide bonds. The predicted octanol–water partition coefficient (Wildman–Crippen LogP) is 4.25. The lowest BCUT2D eigenvalue weighted by Crippen LogP contribution is -2.07. The van der Waals surface area contributed by atoms with E-state index in [-0.39, 0.29) is 5.78 Å². The minimum Gasteiger partial charge on any atom is -0.298 e. The lowest BCUT2D eigenvalue weighted by molar-refractivity contribution is -0.116. The van der Waals surface area contributed by atoms with Crippen molar-refractivity contribution >= 4 is 40.7 Å². The van der Waals surface area contributed by atoms with Crippen LogP contribution in [-0.4, -0.2) is 16.8 Å². The SMILES string of the molecule is CC(C)SCC(=O)Cc1ccc(Cl)c(Cl)c1. The molecule has 16 heavy (non-hydrogen) atoms. The first-order valence-corrected chi connectivity index (χ1v) is 6.86. The number of ketones is 1. The number of Topliss-reactive ketones (excluding diaryl/α,β-unsaturated/α-hetero) is 1. The molecule has 0 fully saturated rings. The van der Waals surface area contributed by atoms with Gasteiger partial charge in [0, 0.05) is 6.42 Å². The van der Waals surface area contributed by atoms with E-state index in [1.54, 1.807) is 23.9 Å². The second-order valence-corrected chi connectivity index (χ2v) is 6.20. The van der Waals surface area contributed by atoms with Gasteiger partial charge in [0.05, 0.1) is 15.8 Å². The summed E-state index contributed by atoms with van der Waals surface area (Å²) in [4.78, 5) is 11.6. The largest absolute Gasteiger partial charge is 0.298 e. The first-order chi connectivity index (χ1) is 7.49. The number of hydrogen-bond donors (Lipinski definition) is 0. The molecule has 0 heterocycles. The van der Waals surface area contributed by atoms with Crippen LogP contribution in [0.5, 0.6) is 0 Å². The van der Waals surface area contributed by atoms with Gasteiger partial charge in [0.2, 0.25) is 0 Å². The summed E-state index contributed by atoms with van der Waals surface area (Å²) >= 11 is 13.3. The number of halogens is 2. The van der Waals surface area contributed by atoms with Crippen LogP contribution in [0.25, 0.3) is 0 Å². The van der Waals surface area contributed by atoms with Gasteiger partial charge in [0.15, 0.2) is 0 Å². The van der Waals surface area contributed by atoms with Crippen molar-refractivity contribution in [2.45, 2.75) is 25.5 Å². The summed E-state index contributed by atoms with van der Waals surface area (Å²) in [6.07, 6.45) is 0.427. The van der Waals surface area contributed by atoms with Gasteiger partial charge in [-0.05, 0) is 22.9 Å². The highest BCUT2D eigenvalue weighted by molar-refractivity contribution is 8.00. The Labute approximate surface area is 111 Å². The fraction of sp³-hybridized carbons (Fsp3) is 0.417. The van der Waals surface area contributed by atoms with E-state index in [9.17, 15) is 4.79 Å². The van der Waals surface area contributed by atoms with Crippen LogP contribution in [0.15, 0.2) is 18.2 Å². The molecule has 0 aliphatic rings. The number of carbonyl (C=O) groups is 1. The lowest BCUT2D eigenvalue weighted by atomic mass is 10.1. The average molecular weight is 277 g/mol. The Morgan fingerprint density at radius 2 is 2.00 bits per heavy atom. The van der Waals surface area contributed by atoms with Gasteiger partial charge in [-0.25, -0.2) is 0 Å². The number of thioether (sulfide) groups is 1. The molecule has 1 nitrogen and oxygen atoms in total. The van der Waals surface area contributed by atoms with Gasteiger partial charge in [-0.2, -0.15) is 11.8 Å². The summed E-state index contributed by atoms with van der Waals surface area (Å²) in [6.45, 7) is 4.16. The molecule has 0 aliphatic carbocycles. The van der Waals surface area contributed by atoms with E-state index in [2.05, 4.69) is 13.8 Å². The van der Waals surface area contributed by atoms with Crippen molar-refractivity contribution in [1.29, 1.82) is 0 Å². The number of carbonyl (C=O) groups excluding carboxylic acids is 1. The summed E-state index contributed by atoms with van der Waals surface area (Å²) in [6, 6.07) is 5.32. The van der Waals surface area contributed by atoms with Crippen molar-refractivity contribution in [2.24, 2.45) is 0 Å². The summed E-state index contributed by atoms with van der Waals surface area (Å²) < 4.78 is 0. The molecular weight excluding hydrogens is 263 g/mol. The second kappa shape index (κ2) is 6.53. The van der Waals surface area contributed by atoms with Crippen molar-refractivity contribution in [3.05, 3.63) is 33.8 Å². The minimum atomic E-state index is 0.220. The number of hydrogen-bond acceptors (Lipinski definition) is 2. The maximum absolute atomic E-state index is 11.6. The van der Waals surface area contributed by atoms with Gasteiger partial charge in [0.1, 0.15) is 5.78 Å². The van der Waals surface area contributed by atoms with Gasteiger partial charge in [0.25, 0.3) is 0 Å². The fourth-order valence-electron chi connectivity index (χ4n) is 1.19. The highest BCUT2D eigenvalue weighted by Crippen LogP contribution is 2.23. The molecule has 0 bridgehead atoms. The highest BCUT2D eigenvalue weighted by atomic mass is 35.5. The summed E-state index contributed by atoms with van der Waals surface area (Å²) in [5.41, 5.74) is 0.920. The Hall–Kier alpha value is -0.180. The van der Waals surface area contributed by atoms with Crippen molar-refractivity contribution in [3.8, 4) is 0 Å². The van der Waals surface area contributed by atoms with Gasteiger partial charge >= 0.3 is 0 Å². The summed E-state index contributed by atoms with van der Waals surface area (Å²) in [5.74, 6) is 0.773. The standard InChI is InChI=1S/C12H14Cl2OS/c1-8(2)16-7-10(15)5-9-3-4-11(13)12(14)6-9/h3-4,6,8H,5,7H2,1-2H3. The Bertz CT molecular complexity index is 377. The quantitative estimate of drug-likeness (QED) is 0.800. The van der Waals surface area contributed by atoms with Crippen molar-refractivity contribution in [3.63, 3.8) is 0 Å². The molecular formula is C12H14Cl2OS. The predicted molar refractivity (Wildman–Crippen MR) is 72.8 cm³/mol. The molecule has 1 rings (SSSR count). The van der Waals surface area contributed by atoms with Crippen LogP contribution in [-0.2, 0) is 11.2 Å². The smallest absolute Gasteiger partial charge is 0.147 e. The molecule has 0 spiro atoms. The highest BCUT2D eigenvalue weighted by Gasteiger charge is 2.07. The zero-order valence-electron chi connectivity index (χ0n) is 9.30. The number of benzene rings is 1. The zero-order valence-corrected chi connectivity index (χ0v) is 11.6. The first kappa shape index (κ1) is 13.9. The van der Waals surface area contributed by atoms with Gasteiger partial charge in [-0.3, -0.25) is 4.79 Å². The van der Waals surface area contributed by atoms with E-state index >= 15 is 0 Å². The third kappa shape index (κ3) is 4.77. The van der Waals surface area contributed by atoms with Crippen LogP contribution in [0.2, 0.25) is 10.0 Å². The summed E-state index contributed by atoms with van der Waals surface area (Å²) in [5, 5.41) is 1.51. The van der Waals surface area contributed by atoms with Crippen LogP contribution >= 0.6 is 35.0 Å². The Morgan fingerprint density at radius 3 is 2.56 bits per heavy atom. The molecule has 0 saturated carbocycles. The Balaban J connectivity index is 2.53. The Morgan fingerprint density at radius 1 is 1.31 bits per heavy atom. The molecule has 1 aromatic carbocycles. The second-order valence-electron chi connectivity index (χ2n) is 3.82. The van der Waals surface area contributed by atoms with Crippen molar-refractivity contribution in [1.82, 2.24) is 0 Å². The van der Waals surface area contributed by atoms with E-state index < -0.39 is 0 Å². The summed E-state index contributed by atoms with van der Waals surface area (Å²) in [7, 11) is 0. The zero-order chi connectivity index (χ0) is 12.1. The average Bonchev–Trinajstić information content (AvgIpc) is 2.21. The molecule has 0 saturated heterocycles. The van der Waals surface area contributed by atoms with E-state index in [0.717, 1.165) is 5.56 Å². The molecule has 4 heteroatoms.